The number of carbonyl (C=O) groups is 2. The number of halogens is 4. The van der Waals surface area contributed by atoms with E-state index in [-0.39, 0.29) is 36.7 Å². The lowest BCUT2D eigenvalue weighted by molar-refractivity contribution is -0.121. The molecule has 1 aliphatic carbocycles. The van der Waals surface area contributed by atoms with E-state index >= 15 is 0 Å². The number of hydrogen-bond acceptors (Lipinski definition) is 6. The van der Waals surface area contributed by atoms with Gasteiger partial charge in [0, 0.05) is 6.92 Å². The molecule has 1 saturated carbocycles. The third-order valence-corrected chi connectivity index (χ3v) is 5.61. The van der Waals surface area contributed by atoms with Gasteiger partial charge in [0.25, 0.3) is 11.8 Å². The first-order valence-electron chi connectivity index (χ1n) is 10.6. The number of rotatable bonds is 8. The number of amides is 2. The zero-order valence-electron chi connectivity index (χ0n) is 18.2. The number of ether oxygens (including phenoxy) is 2. The number of benzene rings is 1. The minimum absolute atomic E-state index is 0.130. The highest BCUT2D eigenvalue weighted by Crippen LogP contribution is 2.36. The molecule has 0 spiro atoms. The van der Waals surface area contributed by atoms with Crippen LogP contribution in [0.5, 0.6) is 0 Å². The Morgan fingerprint density at radius 1 is 1.21 bits per heavy atom. The molecule has 2 heterocycles. The highest BCUT2D eigenvalue weighted by atomic mass is 19.3. The number of nitrogens with zero attached hydrogens (tertiary/aromatic N) is 2. The first-order valence-corrected chi connectivity index (χ1v) is 10.6. The molecule has 1 aromatic carbocycles. The van der Waals surface area contributed by atoms with Crippen molar-refractivity contribution in [1.82, 2.24) is 15.3 Å². The second-order valence-corrected chi connectivity index (χ2v) is 8.30. The molecular weight excluding hydrogens is 460 g/mol. The van der Waals surface area contributed by atoms with Crippen LogP contribution in [0.4, 0.5) is 23.4 Å². The van der Waals surface area contributed by atoms with E-state index in [0.29, 0.717) is 19.8 Å². The molecule has 4 rings (SSSR count). The van der Waals surface area contributed by atoms with Gasteiger partial charge in [0.05, 0.1) is 47.6 Å². The SMILES string of the molecule is CC(F)(F)c1cccc(C(=O)Nc2ncnc(CC(=O)NC3(CF)CC3)c2C2OCCO2)c1F. The van der Waals surface area contributed by atoms with E-state index in [1.165, 1.54) is 0 Å². The first-order chi connectivity index (χ1) is 16.1. The zero-order chi connectivity index (χ0) is 24.5. The van der Waals surface area contributed by atoms with Crippen molar-refractivity contribution < 1.29 is 36.6 Å². The molecule has 2 aromatic rings. The summed E-state index contributed by atoms with van der Waals surface area (Å²) in [6, 6.07) is 3.09. The van der Waals surface area contributed by atoms with Gasteiger partial charge in [-0.05, 0) is 18.9 Å². The number of nitrogens with one attached hydrogen (secondary N) is 2. The van der Waals surface area contributed by atoms with Crippen LogP contribution < -0.4 is 10.6 Å². The van der Waals surface area contributed by atoms with Gasteiger partial charge in [-0.3, -0.25) is 9.59 Å². The Labute approximate surface area is 192 Å². The highest BCUT2D eigenvalue weighted by Gasteiger charge is 2.44. The van der Waals surface area contributed by atoms with Crippen LogP contribution in [0, 0.1) is 5.82 Å². The van der Waals surface area contributed by atoms with Crippen molar-refractivity contribution in [3.05, 3.63) is 52.7 Å². The number of hydrogen-bond donors (Lipinski definition) is 2. The van der Waals surface area contributed by atoms with Crippen LogP contribution in [0.25, 0.3) is 0 Å². The van der Waals surface area contributed by atoms with Crippen molar-refractivity contribution in [2.45, 2.75) is 43.9 Å². The van der Waals surface area contributed by atoms with Crippen molar-refractivity contribution in [3.63, 3.8) is 0 Å². The molecule has 0 atom stereocenters. The lowest BCUT2D eigenvalue weighted by Crippen LogP contribution is -2.39. The summed E-state index contributed by atoms with van der Waals surface area (Å²) in [6.45, 7) is 0.293. The van der Waals surface area contributed by atoms with Gasteiger partial charge < -0.3 is 20.1 Å². The van der Waals surface area contributed by atoms with Crippen LogP contribution in [0.3, 0.4) is 0 Å². The van der Waals surface area contributed by atoms with Crippen LogP contribution in [0.1, 0.15) is 53.2 Å². The Morgan fingerprint density at radius 3 is 2.53 bits per heavy atom. The monoisotopic (exact) mass is 482 g/mol. The fourth-order valence-electron chi connectivity index (χ4n) is 3.60. The topological polar surface area (TPSA) is 102 Å². The minimum atomic E-state index is -3.50. The molecule has 8 nitrogen and oxygen atoms in total. The summed E-state index contributed by atoms with van der Waals surface area (Å²) < 4.78 is 66.2. The molecule has 2 N–H and O–H groups in total. The predicted octanol–water partition coefficient (Wildman–Crippen LogP) is 3.19. The van der Waals surface area contributed by atoms with E-state index in [9.17, 15) is 27.2 Å². The molecular formula is C22H22F4N4O4. The van der Waals surface area contributed by atoms with Gasteiger partial charge in [-0.25, -0.2) is 27.5 Å². The second-order valence-electron chi connectivity index (χ2n) is 8.30. The van der Waals surface area contributed by atoms with Crippen molar-refractivity contribution in [3.8, 4) is 0 Å². The summed E-state index contributed by atoms with van der Waals surface area (Å²) in [5.74, 6) is -6.52. The second kappa shape index (κ2) is 9.26. The van der Waals surface area contributed by atoms with E-state index in [0.717, 1.165) is 24.5 Å². The Hall–Kier alpha value is -3.12. The quantitative estimate of drug-likeness (QED) is 0.561. The molecule has 182 valence electrons. The summed E-state index contributed by atoms with van der Waals surface area (Å²) in [6.07, 6.45) is 0.836. The van der Waals surface area contributed by atoms with Crippen molar-refractivity contribution in [2.24, 2.45) is 0 Å². The van der Waals surface area contributed by atoms with E-state index in [1.807, 2.05) is 0 Å². The molecule has 2 aliphatic rings. The Balaban J connectivity index is 1.62. The lowest BCUT2D eigenvalue weighted by atomic mass is 10.0. The van der Waals surface area contributed by atoms with Gasteiger partial charge in [0.1, 0.15) is 24.6 Å². The van der Waals surface area contributed by atoms with Crippen LogP contribution in [-0.2, 0) is 26.6 Å². The summed E-state index contributed by atoms with van der Waals surface area (Å²) in [7, 11) is 0. The van der Waals surface area contributed by atoms with Crippen LogP contribution in [0.15, 0.2) is 24.5 Å². The number of aromatic nitrogens is 2. The number of alkyl halides is 3. The summed E-state index contributed by atoms with van der Waals surface area (Å²) in [5.41, 5.74) is -2.12. The predicted molar refractivity (Wildman–Crippen MR) is 110 cm³/mol. The van der Waals surface area contributed by atoms with Gasteiger partial charge in [0.2, 0.25) is 5.91 Å². The highest BCUT2D eigenvalue weighted by molar-refractivity contribution is 6.04. The van der Waals surface area contributed by atoms with Crippen LogP contribution >= 0.6 is 0 Å². The molecule has 1 aromatic heterocycles. The number of carbonyl (C=O) groups excluding carboxylic acids is 2. The third kappa shape index (κ3) is 5.02. The lowest BCUT2D eigenvalue weighted by Gasteiger charge is -2.19. The van der Waals surface area contributed by atoms with Gasteiger partial charge >= 0.3 is 0 Å². The molecule has 0 unspecified atom stereocenters. The van der Waals surface area contributed by atoms with E-state index in [1.54, 1.807) is 0 Å². The first kappa shape index (κ1) is 24.0. The van der Waals surface area contributed by atoms with Crippen molar-refractivity contribution >= 4 is 17.6 Å². The minimum Gasteiger partial charge on any atom is -0.348 e. The van der Waals surface area contributed by atoms with Crippen LogP contribution in [-0.4, -0.2) is 47.2 Å². The average molecular weight is 482 g/mol. The molecule has 12 heteroatoms. The van der Waals surface area contributed by atoms with E-state index in [4.69, 9.17) is 9.47 Å². The third-order valence-electron chi connectivity index (χ3n) is 5.61. The zero-order valence-corrected chi connectivity index (χ0v) is 18.2. The smallest absolute Gasteiger partial charge is 0.273 e. The maximum Gasteiger partial charge on any atom is 0.273 e. The van der Waals surface area contributed by atoms with E-state index < -0.39 is 53.2 Å². The molecule has 0 bridgehead atoms. The maximum absolute atomic E-state index is 14.7. The number of anilines is 1. The molecule has 1 aliphatic heterocycles. The standard InChI is InChI=1S/C22H22F4N4O4/c1-21(25,26)13-4-2-3-12(17(13)24)19(32)29-18-16(20-33-7-8-34-20)14(27-11-28-18)9-15(31)30-22(10-23)5-6-22/h2-4,11,20H,5-10H2,1H3,(H,30,31)(H,27,28,29,32). The largest absolute Gasteiger partial charge is 0.348 e. The Morgan fingerprint density at radius 2 is 1.91 bits per heavy atom. The fraction of sp³-hybridized carbons (Fsp3) is 0.455. The Bertz CT molecular complexity index is 1100. The molecule has 34 heavy (non-hydrogen) atoms. The molecule has 2 fully saturated rings. The fourth-order valence-corrected chi connectivity index (χ4v) is 3.60. The van der Waals surface area contributed by atoms with Gasteiger partial charge in [-0.2, -0.15) is 0 Å². The summed E-state index contributed by atoms with van der Waals surface area (Å²) in [4.78, 5) is 33.4. The maximum atomic E-state index is 14.7. The molecule has 0 radical (unpaired) electrons. The summed E-state index contributed by atoms with van der Waals surface area (Å²) >= 11 is 0. The Kier molecular flexibility index (Phi) is 6.54. The van der Waals surface area contributed by atoms with Crippen molar-refractivity contribution in [2.75, 3.05) is 25.2 Å². The van der Waals surface area contributed by atoms with Gasteiger partial charge in [-0.1, -0.05) is 12.1 Å². The average Bonchev–Trinajstić information content (AvgIpc) is 3.33. The normalized spacial score (nSPS) is 17.4. The van der Waals surface area contributed by atoms with Crippen LogP contribution in [0.2, 0.25) is 0 Å². The summed E-state index contributed by atoms with van der Waals surface area (Å²) in [5, 5.41) is 5.02. The molecule has 2 amide bonds. The van der Waals surface area contributed by atoms with Gasteiger partial charge in [-0.15, -0.1) is 0 Å². The van der Waals surface area contributed by atoms with Crippen molar-refractivity contribution in [1.29, 1.82) is 0 Å². The van der Waals surface area contributed by atoms with Gasteiger partial charge in [0.15, 0.2) is 6.29 Å². The van der Waals surface area contributed by atoms with E-state index in [2.05, 4.69) is 20.6 Å². The molecule has 1 saturated heterocycles.